The molecule has 5 nitrogen and oxygen atoms in total. The molecule has 0 saturated carbocycles. The Balaban J connectivity index is 2.08. The van der Waals surface area contributed by atoms with Gasteiger partial charge in [0, 0.05) is 6.54 Å². The van der Waals surface area contributed by atoms with Gasteiger partial charge in [-0.15, -0.1) is 0 Å². The van der Waals surface area contributed by atoms with Crippen LogP contribution in [0.2, 0.25) is 0 Å². The quantitative estimate of drug-likeness (QED) is 0.834. The first kappa shape index (κ1) is 17.0. The van der Waals surface area contributed by atoms with Gasteiger partial charge in [-0.05, 0) is 42.9 Å². The summed E-state index contributed by atoms with van der Waals surface area (Å²) in [5, 5.41) is 11.0. The normalized spacial score (nSPS) is 22.1. The van der Waals surface area contributed by atoms with Gasteiger partial charge in [-0.1, -0.05) is 26.0 Å². The number of aliphatic carboxylic acids is 1. The molecule has 122 valence electrons. The zero-order chi connectivity index (χ0) is 16.3. The van der Waals surface area contributed by atoms with Crippen LogP contribution >= 0.6 is 0 Å². The second-order valence-corrected chi connectivity index (χ2v) is 8.51. The molecule has 0 radical (unpaired) electrons. The highest BCUT2D eigenvalue weighted by molar-refractivity contribution is 7.92. The Morgan fingerprint density at radius 3 is 2.45 bits per heavy atom. The van der Waals surface area contributed by atoms with Gasteiger partial charge in [0.05, 0.1) is 10.1 Å². The van der Waals surface area contributed by atoms with Crippen molar-refractivity contribution in [2.45, 2.75) is 49.3 Å². The van der Waals surface area contributed by atoms with E-state index in [1.165, 1.54) is 0 Å². The highest BCUT2D eigenvalue weighted by Gasteiger charge is 2.37. The van der Waals surface area contributed by atoms with E-state index in [4.69, 9.17) is 5.11 Å². The highest BCUT2D eigenvalue weighted by atomic mass is 32.2. The first-order valence-electron chi connectivity index (χ1n) is 7.59. The summed E-state index contributed by atoms with van der Waals surface area (Å²) in [4.78, 5) is 11.2. The van der Waals surface area contributed by atoms with Crippen LogP contribution in [0.15, 0.2) is 29.2 Å². The average molecular weight is 325 g/mol. The smallest absolute Gasteiger partial charge is 0.320 e. The lowest BCUT2D eigenvalue weighted by Crippen LogP contribution is -2.30. The lowest BCUT2D eigenvalue weighted by Gasteiger charge is -2.11. The molecule has 1 aliphatic rings. The van der Waals surface area contributed by atoms with E-state index in [9.17, 15) is 13.2 Å². The first-order chi connectivity index (χ1) is 10.3. The third-order valence-electron chi connectivity index (χ3n) is 4.09. The van der Waals surface area contributed by atoms with Gasteiger partial charge in [0.1, 0.15) is 6.04 Å². The Hall–Kier alpha value is -1.40. The minimum atomic E-state index is -3.48. The molecule has 1 unspecified atom stereocenters. The fourth-order valence-electron chi connectivity index (χ4n) is 2.62. The van der Waals surface area contributed by atoms with Crippen molar-refractivity contribution in [3.8, 4) is 0 Å². The molecule has 0 aromatic heterocycles. The summed E-state index contributed by atoms with van der Waals surface area (Å²) in [6, 6.07) is 6.21. The lowest BCUT2D eigenvalue weighted by atomic mass is 10.0. The van der Waals surface area contributed by atoms with Gasteiger partial charge in [0.15, 0.2) is 9.84 Å². The first-order valence-corrected chi connectivity index (χ1v) is 9.14. The summed E-state index contributed by atoms with van der Waals surface area (Å²) in [6.45, 7) is 4.50. The molecule has 1 aromatic rings. The summed E-state index contributed by atoms with van der Waals surface area (Å²) in [7, 11) is -3.48. The van der Waals surface area contributed by atoms with Crippen molar-refractivity contribution in [1.29, 1.82) is 0 Å². The summed E-state index contributed by atoms with van der Waals surface area (Å²) in [5.41, 5.74) is 1.13. The third kappa shape index (κ3) is 3.87. The Kier molecular flexibility index (Phi) is 5.24. The molecule has 1 heterocycles. The number of carboxylic acids is 1. The summed E-state index contributed by atoms with van der Waals surface area (Å²) in [6.07, 6.45) is 2.12. The molecule has 6 heteroatoms. The van der Waals surface area contributed by atoms with Gasteiger partial charge in [0.25, 0.3) is 0 Å². The molecule has 0 spiro atoms. The third-order valence-corrected chi connectivity index (χ3v) is 6.26. The van der Waals surface area contributed by atoms with Crippen molar-refractivity contribution < 1.29 is 18.3 Å². The second-order valence-electron chi connectivity index (χ2n) is 6.28. The molecule has 2 rings (SSSR count). The molecule has 1 aliphatic heterocycles. The largest absolute Gasteiger partial charge is 0.480 e. The lowest BCUT2D eigenvalue weighted by molar-refractivity contribution is -0.139. The molecule has 22 heavy (non-hydrogen) atoms. The van der Waals surface area contributed by atoms with Gasteiger partial charge in [0.2, 0.25) is 0 Å². The van der Waals surface area contributed by atoms with E-state index >= 15 is 0 Å². The maximum atomic E-state index is 12.5. The summed E-state index contributed by atoms with van der Waals surface area (Å²) < 4.78 is 25.1. The maximum absolute atomic E-state index is 12.5. The highest BCUT2D eigenvalue weighted by Crippen LogP contribution is 2.23. The van der Waals surface area contributed by atoms with Crippen molar-refractivity contribution >= 4 is 15.8 Å². The van der Waals surface area contributed by atoms with Crippen LogP contribution in [0.3, 0.4) is 0 Å². The predicted molar refractivity (Wildman–Crippen MR) is 84.6 cm³/mol. The van der Waals surface area contributed by atoms with E-state index in [1.807, 2.05) is 12.1 Å². The number of rotatable bonds is 6. The molecule has 2 N–H and O–H groups in total. The van der Waals surface area contributed by atoms with Crippen molar-refractivity contribution in [3.63, 3.8) is 0 Å². The van der Waals surface area contributed by atoms with E-state index in [2.05, 4.69) is 19.2 Å². The van der Waals surface area contributed by atoms with Gasteiger partial charge in [-0.25, -0.2) is 8.42 Å². The number of carbonyl (C=O) groups is 1. The van der Waals surface area contributed by atoms with Crippen molar-refractivity contribution in [2.75, 3.05) is 6.54 Å². The number of hydrogen-bond acceptors (Lipinski definition) is 4. The Morgan fingerprint density at radius 1 is 1.32 bits per heavy atom. The van der Waals surface area contributed by atoms with Crippen LogP contribution in [0.25, 0.3) is 0 Å². The number of nitrogens with one attached hydrogen (secondary N) is 1. The van der Waals surface area contributed by atoms with E-state index in [0.717, 1.165) is 18.4 Å². The summed E-state index contributed by atoms with van der Waals surface area (Å²) in [5.74, 6) is -0.386. The van der Waals surface area contributed by atoms with Gasteiger partial charge in [-0.2, -0.15) is 0 Å². The molecule has 0 aliphatic carbocycles. The molecular weight excluding hydrogens is 302 g/mol. The van der Waals surface area contributed by atoms with E-state index in [-0.39, 0.29) is 17.9 Å². The van der Waals surface area contributed by atoms with Crippen LogP contribution in [0.5, 0.6) is 0 Å². The maximum Gasteiger partial charge on any atom is 0.320 e. The predicted octanol–water partition coefficient (Wildman–Crippen LogP) is 1.86. The Bertz CT molecular complexity index is 622. The van der Waals surface area contributed by atoms with E-state index in [1.54, 1.807) is 12.1 Å². The zero-order valence-electron chi connectivity index (χ0n) is 13.0. The molecule has 0 amide bonds. The van der Waals surface area contributed by atoms with Gasteiger partial charge < -0.3 is 10.4 Å². The van der Waals surface area contributed by atoms with E-state index in [0.29, 0.717) is 5.92 Å². The van der Waals surface area contributed by atoms with Crippen LogP contribution in [0.1, 0.15) is 32.3 Å². The Morgan fingerprint density at radius 2 is 1.95 bits per heavy atom. The van der Waals surface area contributed by atoms with Crippen LogP contribution < -0.4 is 5.32 Å². The van der Waals surface area contributed by atoms with Crippen LogP contribution in [0, 0.1) is 5.92 Å². The molecule has 1 fully saturated rings. The Labute approximate surface area is 131 Å². The van der Waals surface area contributed by atoms with Crippen LogP contribution in [-0.4, -0.2) is 37.3 Å². The van der Waals surface area contributed by atoms with Crippen LogP contribution in [-0.2, 0) is 21.1 Å². The molecule has 1 saturated heterocycles. The SMILES string of the molecule is CC(C)CCc1ccc(S(=O)(=O)C2CN[C@H](C(=O)O)C2)cc1. The van der Waals surface area contributed by atoms with Gasteiger partial charge in [-0.3, -0.25) is 4.79 Å². The van der Waals surface area contributed by atoms with E-state index < -0.39 is 27.1 Å². The standard InChI is InChI=1S/C16H23NO4S/c1-11(2)3-4-12-5-7-13(8-6-12)22(20,21)14-9-15(16(18)19)17-10-14/h5-8,11,14-15,17H,3-4,9-10H2,1-2H3,(H,18,19)/t14?,15-/m0/s1. The fourth-order valence-corrected chi connectivity index (χ4v) is 4.28. The number of aryl methyl sites for hydroxylation is 1. The van der Waals surface area contributed by atoms with Crippen LogP contribution in [0.4, 0.5) is 0 Å². The zero-order valence-corrected chi connectivity index (χ0v) is 13.8. The number of carboxylic acid groups (broad SMARTS) is 1. The average Bonchev–Trinajstić information content (AvgIpc) is 2.96. The molecule has 1 aromatic carbocycles. The topological polar surface area (TPSA) is 83.5 Å². The molecule has 0 bridgehead atoms. The minimum absolute atomic E-state index is 0.118. The second kappa shape index (κ2) is 6.79. The number of hydrogen-bond donors (Lipinski definition) is 2. The number of sulfone groups is 1. The van der Waals surface area contributed by atoms with Crippen molar-refractivity contribution in [2.24, 2.45) is 5.92 Å². The monoisotopic (exact) mass is 325 g/mol. The fraction of sp³-hybridized carbons (Fsp3) is 0.562. The minimum Gasteiger partial charge on any atom is -0.480 e. The van der Waals surface area contributed by atoms with Gasteiger partial charge >= 0.3 is 5.97 Å². The molecule has 2 atom stereocenters. The number of benzene rings is 1. The molecular formula is C16H23NO4S. The summed E-state index contributed by atoms with van der Waals surface area (Å²) >= 11 is 0. The van der Waals surface area contributed by atoms with Crippen molar-refractivity contribution in [3.05, 3.63) is 29.8 Å². The van der Waals surface area contributed by atoms with Crippen molar-refractivity contribution in [1.82, 2.24) is 5.32 Å².